The van der Waals surface area contributed by atoms with Gasteiger partial charge in [0.15, 0.2) is 0 Å². The molecule has 7 nitrogen and oxygen atoms in total. The lowest BCUT2D eigenvalue weighted by Gasteiger charge is -2.15. The number of aromatic nitrogens is 1. The van der Waals surface area contributed by atoms with Gasteiger partial charge in [-0.3, -0.25) is 14.7 Å². The molecule has 1 saturated heterocycles. The number of thiol groups is 1. The predicted octanol–water partition coefficient (Wildman–Crippen LogP) is 2.84. The second-order valence-corrected chi connectivity index (χ2v) is 6.40. The summed E-state index contributed by atoms with van der Waals surface area (Å²) in [6, 6.07) is 8.35. The molecule has 1 aromatic carbocycles. The molecule has 2 amide bonds. The molecule has 0 unspecified atom stereocenters. The Kier molecular flexibility index (Phi) is 6.12. The number of nitrogens with zero attached hydrogens (tertiary/aromatic N) is 2. The highest BCUT2D eigenvalue weighted by Crippen LogP contribution is 2.26. The van der Waals surface area contributed by atoms with E-state index < -0.39 is 23.3 Å². The van der Waals surface area contributed by atoms with Crippen molar-refractivity contribution in [2.75, 3.05) is 29.9 Å². The van der Waals surface area contributed by atoms with Crippen LogP contribution in [0.15, 0.2) is 42.7 Å². The molecule has 0 aliphatic carbocycles. The van der Waals surface area contributed by atoms with Gasteiger partial charge in [0.25, 0.3) is 5.24 Å². The maximum absolute atomic E-state index is 14.4. The Morgan fingerprint density at radius 1 is 1.33 bits per heavy atom. The van der Waals surface area contributed by atoms with E-state index in [0.29, 0.717) is 17.9 Å². The number of hydrogen-bond acceptors (Lipinski definition) is 5. The first kappa shape index (κ1) is 19.0. The Balaban J connectivity index is 1.57. The molecular weight excluding hydrogens is 371 g/mol. The Morgan fingerprint density at radius 2 is 2.11 bits per heavy atom. The number of hydrogen-bond donors (Lipinski definition) is 3. The van der Waals surface area contributed by atoms with Crippen LogP contribution >= 0.6 is 12.6 Å². The number of carbonyl (C=O) groups is 2. The van der Waals surface area contributed by atoms with Crippen LogP contribution in [0.3, 0.4) is 0 Å². The first-order valence-corrected chi connectivity index (χ1v) is 8.85. The van der Waals surface area contributed by atoms with Gasteiger partial charge >= 0.3 is 6.09 Å². The van der Waals surface area contributed by atoms with Crippen molar-refractivity contribution in [2.24, 2.45) is 0 Å². The molecule has 1 aliphatic rings. The molecule has 142 valence electrons. The highest BCUT2D eigenvalue weighted by molar-refractivity contribution is 7.96. The van der Waals surface area contributed by atoms with Crippen molar-refractivity contribution in [3.8, 4) is 0 Å². The van der Waals surface area contributed by atoms with Crippen LogP contribution in [0.1, 0.15) is 5.56 Å². The Morgan fingerprint density at radius 3 is 2.81 bits per heavy atom. The molecule has 1 aliphatic heterocycles. The van der Waals surface area contributed by atoms with E-state index in [0.717, 1.165) is 12.0 Å². The quantitative estimate of drug-likeness (QED) is 0.633. The minimum Gasteiger partial charge on any atom is -0.442 e. The van der Waals surface area contributed by atoms with Crippen molar-refractivity contribution in [3.63, 3.8) is 0 Å². The number of nitrogens with one attached hydrogen (secondary N) is 2. The van der Waals surface area contributed by atoms with Crippen molar-refractivity contribution in [3.05, 3.63) is 54.1 Å². The Hall–Kier alpha value is -2.81. The summed E-state index contributed by atoms with van der Waals surface area (Å²) in [5, 5.41) is 5.01. The number of pyridine rings is 1. The average Bonchev–Trinajstić information content (AvgIpc) is 3.03. The van der Waals surface area contributed by atoms with Gasteiger partial charge in [-0.1, -0.05) is 12.6 Å². The molecule has 1 atom stereocenters. The third kappa shape index (κ3) is 5.10. The van der Waals surface area contributed by atoms with E-state index in [1.165, 1.54) is 11.0 Å². The maximum Gasteiger partial charge on any atom is 0.414 e. The molecule has 1 fully saturated rings. The summed E-state index contributed by atoms with van der Waals surface area (Å²) in [5.74, 6) is -0.456. The highest BCUT2D eigenvalue weighted by atomic mass is 32.1. The van der Waals surface area contributed by atoms with Crippen LogP contribution in [-0.2, 0) is 11.2 Å². The zero-order valence-electron chi connectivity index (χ0n) is 14.4. The minimum atomic E-state index is -0.578. The zero-order chi connectivity index (χ0) is 19.2. The lowest BCUT2D eigenvalue weighted by atomic mass is 10.2. The van der Waals surface area contributed by atoms with Gasteiger partial charge in [0, 0.05) is 18.9 Å². The SMILES string of the molecule is O=C(S)NC[C@H]1CN(c2ccc(NCCc3ccncc3)c(F)c2)C(=O)O1. The molecule has 2 heterocycles. The second-order valence-electron chi connectivity index (χ2n) is 6.00. The van der Waals surface area contributed by atoms with E-state index in [2.05, 4.69) is 28.2 Å². The molecule has 2 N–H and O–H groups in total. The fraction of sp³-hybridized carbons (Fsp3) is 0.278. The number of rotatable bonds is 7. The van der Waals surface area contributed by atoms with Crippen LogP contribution in [0.4, 0.5) is 25.4 Å². The molecule has 0 spiro atoms. The molecule has 1 aromatic heterocycles. The number of ether oxygens (including phenoxy) is 1. The van der Waals surface area contributed by atoms with E-state index >= 15 is 0 Å². The van der Waals surface area contributed by atoms with Gasteiger partial charge in [-0.15, -0.1) is 0 Å². The first-order chi connectivity index (χ1) is 13.0. The van der Waals surface area contributed by atoms with Gasteiger partial charge in [-0.25, -0.2) is 9.18 Å². The van der Waals surface area contributed by atoms with Crippen LogP contribution in [-0.4, -0.2) is 42.1 Å². The molecule has 0 saturated carbocycles. The topological polar surface area (TPSA) is 83.6 Å². The van der Waals surface area contributed by atoms with Gasteiger partial charge in [0.2, 0.25) is 0 Å². The predicted molar refractivity (Wildman–Crippen MR) is 103 cm³/mol. The number of anilines is 2. The molecular formula is C18H19FN4O3S. The number of cyclic esters (lactones) is 1. The zero-order valence-corrected chi connectivity index (χ0v) is 15.3. The Labute approximate surface area is 161 Å². The number of halogens is 1. The van der Waals surface area contributed by atoms with Crippen LogP contribution in [0, 0.1) is 5.82 Å². The summed E-state index contributed by atoms with van der Waals surface area (Å²) in [5.41, 5.74) is 1.87. The summed E-state index contributed by atoms with van der Waals surface area (Å²) in [6.07, 6.45) is 3.09. The lowest BCUT2D eigenvalue weighted by Crippen LogP contribution is -2.32. The summed E-state index contributed by atoms with van der Waals surface area (Å²) in [4.78, 5) is 28.1. The number of carbonyl (C=O) groups excluding carboxylic acids is 2. The van der Waals surface area contributed by atoms with Gasteiger partial charge in [-0.2, -0.15) is 0 Å². The average molecular weight is 390 g/mol. The molecule has 27 heavy (non-hydrogen) atoms. The molecule has 2 aromatic rings. The third-order valence-electron chi connectivity index (χ3n) is 4.10. The fourth-order valence-electron chi connectivity index (χ4n) is 2.75. The van der Waals surface area contributed by atoms with Crippen LogP contribution in [0.5, 0.6) is 0 Å². The molecule has 9 heteroatoms. The van der Waals surface area contributed by atoms with Gasteiger partial charge in [-0.05, 0) is 42.3 Å². The van der Waals surface area contributed by atoms with Crippen LogP contribution < -0.4 is 15.5 Å². The molecule has 0 radical (unpaired) electrons. The van der Waals surface area contributed by atoms with Crippen molar-refractivity contribution < 1.29 is 18.7 Å². The van der Waals surface area contributed by atoms with Gasteiger partial charge < -0.3 is 15.4 Å². The van der Waals surface area contributed by atoms with Crippen molar-refractivity contribution >= 4 is 35.3 Å². The summed E-state index contributed by atoms with van der Waals surface area (Å²) >= 11 is 3.60. The van der Waals surface area contributed by atoms with Crippen molar-refractivity contribution in [1.82, 2.24) is 10.3 Å². The monoisotopic (exact) mass is 390 g/mol. The summed E-state index contributed by atoms with van der Waals surface area (Å²) < 4.78 is 19.5. The smallest absolute Gasteiger partial charge is 0.414 e. The molecule has 0 bridgehead atoms. The maximum atomic E-state index is 14.4. The second kappa shape index (κ2) is 8.72. The fourth-order valence-corrected chi connectivity index (χ4v) is 2.84. The van der Waals surface area contributed by atoms with Gasteiger partial charge in [0.05, 0.1) is 24.5 Å². The normalized spacial score (nSPS) is 16.1. The lowest BCUT2D eigenvalue weighted by molar-refractivity contribution is 0.141. The van der Waals surface area contributed by atoms with E-state index in [1.807, 2.05) is 12.1 Å². The van der Waals surface area contributed by atoms with E-state index in [-0.39, 0.29) is 13.1 Å². The first-order valence-electron chi connectivity index (χ1n) is 8.40. The van der Waals surface area contributed by atoms with E-state index in [4.69, 9.17) is 4.74 Å². The third-order valence-corrected chi connectivity index (χ3v) is 4.26. The number of benzene rings is 1. The van der Waals surface area contributed by atoms with Crippen LogP contribution in [0.25, 0.3) is 0 Å². The minimum absolute atomic E-state index is 0.154. The van der Waals surface area contributed by atoms with E-state index in [9.17, 15) is 14.0 Å². The largest absolute Gasteiger partial charge is 0.442 e. The van der Waals surface area contributed by atoms with Crippen molar-refractivity contribution in [2.45, 2.75) is 12.5 Å². The van der Waals surface area contributed by atoms with Crippen LogP contribution in [0.2, 0.25) is 0 Å². The van der Waals surface area contributed by atoms with E-state index in [1.54, 1.807) is 24.5 Å². The summed E-state index contributed by atoms with van der Waals surface area (Å²) in [6.45, 7) is 0.945. The standard InChI is InChI=1S/C18H19FN4O3S/c19-15-9-13(23-11-14(26-18(23)25)10-22-17(24)27)1-2-16(15)21-8-5-12-3-6-20-7-4-12/h1-4,6-7,9,14,21H,5,8,10-11H2,(H2,22,24,27)/t14-/m0/s1. The number of amides is 2. The highest BCUT2D eigenvalue weighted by Gasteiger charge is 2.32. The summed E-state index contributed by atoms with van der Waals surface area (Å²) in [7, 11) is 0. The van der Waals surface area contributed by atoms with Gasteiger partial charge in [0.1, 0.15) is 11.9 Å². The Bertz CT molecular complexity index is 822. The van der Waals surface area contributed by atoms with Crippen molar-refractivity contribution in [1.29, 1.82) is 0 Å². The molecule has 3 rings (SSSR count).